The Morgan fingerprint density at radius 3 is 2.52 bits per heavy atom. The lowest BCUT2D eigenvalue weighted by atomic mass is 9.96. The van der Waals surface area contributed by atoms with Crippen LogP contribution in [0.4, 0.5) is 8.78 Å². The Bertz CT molecular complexity index is 1660. The van der Waals surface area contributed by atoms with E-state index in [0.29, 0.717) is 42.2 Å². The first kappa shape index (κ1) is 31.0. The summed E-state index contributed by atoms with van der Waals surface area (Å²) in [6, 6.07) is 19.6. The SMILES string of the molecule is C=C/C=C(/N)N(C)C(C)OCNCc1cc2cc(-c3ccc(C(=O)N4CC[C@@](C)(F)C4)cc3)cc(-c3ccc(F)cc3)c2o1. The van der Waals surface area contributed by atoms with Gasteiger partial charge in [-0.25, -0.2) is 8.78 Å². The molecule has 4 aromatic rings. The van der Waals surface area contributed by atoms with Crippen LogP contribution < -0.4 is 11.1 Å². The van der Waals surface area contributed by atoms with Gasteiger partial charge >= 0.3 is 0 Å². The summed E-state index contributed by atoms with van der Waals surface area (Å²) in [5.41, 5.74) is 9.30. The number of nitrogens with zero attached hydrogens (tertiary/aromatic N) is 2. The van der Waals surface area contributed by atoms with Crippen LogP contribution in [0, 0.1) is 5.82 Å². The normalized spacial score (nSPS) is 17.7. The molecule has 2 heterocycles. The van der Waals surface area contributed by atoms with Crippen molar-refractivity contribution in [3.63, 3.8) is 0 Å². The first-order chi connectivity index (χ1) is 21.0. The van der Waals surface area contributed by atoms with Crippen LogP contribution in [0.2, 0.25) is 0 Å². The van der Waals surface area contributed by atoms with Gasteiger partial charge in [0.1, 0.15) is 34.9 Å². The highest BCUT2D eigenvalue weighted by atomic mass is 19.1. The third-order valence-corrected chi connectivity index (χ3v) is 7.97. The summed E-state index contributed by atoms with van der Waals surface area (Å²) in [6.45, 7) is 8.30. The molecule has 1 aliphatic rings. The topological polar surface area (TPSA) is 84.0 Å². The number of hydrogen-bond donors (Lipinski definition) is 2. The molecule has 3 N–H and O–H groups in total. The van der Waals surface area contributed by atoms with Gasteiger partial charge in [0.2, 0.25) is 0 Å². The minimum atomic E-state index is -1.35. The van der Waals surface area contributed by atoms with Crippen molar-refractivity contribution in [2.75, 3.05) is 26.9 Å². The average Bonchev–Trinajstić information content (AvgIpc) is 3.60. The van der Waals surface area contributed by atoms with Crippen molar-refractivity contribution in [2.24, 2.45) is 5.73 Å². The number of hydrogen-bond acceptors (Lipinski definition) is 6. The fourth-order valence-corrected chi connectivity index (χ4v) is 5.30. The highest BCUT2D eigenvalue weighted by Crippen LogP contribution is 2.36. The maximum atomic E-state index is 14.3. The third kappa shape index (κ3) is 7.01. The Kier molecular flexibility index (Phi) is 9.17. The lowest BCUT2D eigenvalue weighted by Crippen LogP contribution is -2.36. The van der Waals surface area contributed by atoms with E-state index in [1.165, 1.54) is 19.1 Å². The Morgan fingerprint density at radius 2 is 1.86 bits per heavy atom. The smallest absolute Gasteiger partial charge is 0.253 e. The van der Waals surface area contributed by atoms with Crippen molar-refractivity contribution in [1.29, 1.82) is 0 Å². The number of nitrogens with two attached hydrogens (primary N) is 1. The molecule has 0 radical (unpaired) electrons. The summed E-state index contributed by atoms with van der Waals surface area (Å²) in [5.74, 6) is 0.765. The van der Waals surface area contributed by atoms with E-state index in [1.807, 2.05) is 44.3 Å². The first-order valence-electron chi connectivity index (χ1n) is 14.6. The molecular formula is C35H38F2N4O3. The number of rotatable bonds is 11. The molecule has 1 amide bonds. The van der Waals surface area contributed by atoms with Crippen molar-refractivity contribution in [3.05, 3.63) is 108 Å². The zero-order valence-electron chi connectivity index (χ0n) is 25.3. The van der Waals surface area contributed by atoms with Gasteiger partial charge in [-0.2, -0.15) is 0 Å². The Hall–Kier alpha value is -4.47. The van der Waals surface area contributed by atoms with Crippen molar-refractivity contribution < 1.29 is 22.7 Å². The number of likely N-dealkylation sites (tertiary alicyclic amines) is 1. The molecule has 2 atom stereocenters. The summed E-state index contributed by atoms with van der Waals surface area (Å²) >= 11 is 0. The van der Waals surface area contributed by atoms with Crippen LogP contribution in [0.25, 0.3) is 33.2 Å². The van der Waals surface area contributed by atoms with Crippen LogP contribution in [-0.2, 0) is 11.3 Å². The second-order valence-electron chi connectivity index (χ2n) is 11.4. The number of fused-ring (bicyclic) bond motifs is 1. The van der Waals surface area contributed by atoms with Crippen LogP contribution in [0.1, 0.15) is 36.4 Å². The zero-order chi connectivity index (χ0) is 31.4. The molecule has 230 valence electrons. The van der Waals surface area contributed by atoms with Gasteiger partial charge < -0.3 is 24.7 Å². The highest BCUT2D eigenvalue weighted by molar-refractivity contribution is 5.98. The zero-order valence-corrected chi connectivity index (χ0v) is 25.3. The molecule has 0 saturated carbocycles. The third-order valence-electron chi connectivity index (χ3n) is 7.97. The number of carbonyl (C=O) groups excluding carboxylic acids is 1. The molecule has 0 aliphatic carbocycles. The van der Waals surface area contributed by atoms with Crippen LogP contribution in [0.5, 0.6) is 0 Å². The minimum absolute atomic E-state index is 0.104. The lowest BCUT2D eigenvalue weighted by Gasteiger charge is -2.26. The molecular weight excluding hydrogens is 562 g/mol. The van der Waals surface area contributed by atoms with Crippen molar-refractivity contribution >= 4 is 16.9 Å². The highest BCUT2D eigenvalue weighted by Gasteiger charge is 2.36. The van der Waals surface area contributed by atoms with Crippen molar-refractivity contribution in [3.8, 4) is 22.3 Å². The maximum absolute atomic E-state index is 14.3. The first-order valence-corrected chi connectivity index (χ1v) is 14.6. The van der Waals surface area contributed by atoms with Gasteiger partial charge in [0.15, 0.2) is 0 Å². The number of halogens is 2. The van der Waals surface area contributed by atoms with E-state index in [0.717, 1.165) is 27.6 Å². The fourth-order valence-electron chi connectivity index (χ4n) is 5.30. The van der Waals surface area contributed by atoms with E-state index < -0.39 is 5.67 Å². The number of alkyl halides is 1. The Morgan fingerprint density at radius 1 is 1.16 bits per heavy atom. The number of benzene rings is 3. The van der Waals surface area contributed by atoms with Crippen LogP contribution >= 0.6 is 0 Å². The molecule has 0 spiro atoms. The molecule has 1 aliphatic heterocycles. The number of furan rings is 1. The summed E-state index contributed by atoms with van der Waals surface area (Å²) in [4.78, 5) is 16.3. The second kappa shape index (κ2) is 13.0. The van der Waals surface area contributed by atoms with E-state index in [9.17, 15) is 13.6 Å². The molecule has 44 heavy (non-hydrogen) atoms. The van der Waals surface area contributed by atoms with Gasteiger partial charge in [-0.15, -0.1) is 0 Å². The van der Waals surface area contributed by atoms with Crippen molar-refractivity contribution in [1.82, 2.24) is 15.1 Å². The molecule has 1 saturated heterocycles. The Labute approximate surface area is 256 Å². The standard InChI is InChI=1S/C35H38F2N4O3/c1-5-6-32(38)40(4)23(2)43-22-39-20-30-18-28-17-27(19-31(33(28)44-30)25-11-13-29(36)14-12-25)24-7-9-26(10-8-24)34(42)41-16-15-35(3,37)21-41/h5-14,17-19,23,39H,1,15-16,20-22,38H2,2-4H3/b32-6-/t23?,35-/m1/s1. The molecule has 5 rings (SSSR count). The van der Waals surface area contributed by atoms with Gasteiger partial charge in [-0.1, -0.05) is 36.9 Å². The second-order valence-corrected chi connectivity index (χ2v) is 11.4. The number of carbonyl (C=O) groups is 1. The quantitative estimate of drug-likeness (QED) is 0.112. The predicted octanol–water partition coefficient (Wildman–Crippen LogP) is 6.81. The number of ether oxygens (including phenoxy) is 1. The van der Waals surface area contributed by atoms with Crippen LogP contribution in [0.15, 0.2) is 95.7 Å². The summed E-state index contributed by atoms with van der Waals surface area (Å²) in [6.07, 6.45) is 3.41. The Balaban J connectivity index is 1.36. The fraction of sp³-hybridized carbons (Fsp3) is 0.286. The monoisotopic (exact) mass is 600 g/mol. The van der Waals surface area contributed by atoms with E-state index in [4.69, 9.17) is 14.9 Å². The average molecular weight is 601 g/mol. The summed E-state index contributed by atoms with van der Waals surface area (Å²) in [5, 5.41) is 4.13. The van der Waals surface area contributed by atoms with Crippen LogP contribution in [-0.4, -0.2) is 54.5 Å². The molecule has 7 nitrogen and oxygen atoms in total. The van der Waals surface area contributed by atoms with Gasteiger partial charge in [-0.3, -0.25) is 10.1 Å². The van der Waals surface area contributed by atoms with Crippen molar-refractivity contribution in [2.45, 2.75) is 38.7 Å². The molecule has 0 bridgehead atoms. The summed E-state index contributed by atoms with van der Waals surface area (Å²) < 4.78 is 40.2. The molecule has 1 fully saturated rings. The van der Waals surface area contributed by atoms with Gasteiger partial charge in [0.05, 0.1) is 19.8 Å². The predicted molar refractivity (Wildman–Crippen MR) is 170 cm³/mol. The molecule has 1 unspecified atom stereocenters. The van der Waals surface area contributed by atoms with E-state index in [2.05, 4.69) is 11.9 Å². The van der Waals surface area contributed by atoms with E-state index in [1.54, 1.807) is 46.2 Å². The number of nitrogens with one attached hydrogen (secondary N) is 1. The maximum Gasteiger partial charge on any atom is 0.253 e. The molecule has 9 heteroatoms. The molecule has 3 aromatic carbocycles. The van der Waals surface area contributed by atoms with Gasteiger partial charge in [-0.05, 0) is 79.1 Å². The lowest BCUT2D eigenvalue weighted by molar-refractivity contribution is -0.0287. The van der Waals surface area contributed by atoms with Gasteiger partial charge in [0.25, 0.3) is 5.91 Å². The number of allylic oxidation sites excluding steroid dienone is 2. The van der Waals surface area contributed by atoms with Gasteiger partial charge in [0, 0.05) is 36.5 Å². The number of amides is 1. The minimum Gasteiger partial charge on any atom is -0.459 e. The van der Waals surface area contributed by atoms with E-state index >= 15 is 0 Å². The summed E-state index contributed by atoms with van der Waals surface area (Å²) in [7, 11) is 1.84. The van der Waals surface area contributed by atoms with Crippen LogP contribution in [0.3, 0.4) is 0 Å². The largest absolute Gasteiger partial charge is 0.459 e. The van der Waals surface area contributed by atoms with E-state index in [-0.39, 0.29) is 31.2 Å². The molecule has 1 aromatic heterocycles.